The fourth-order valence-corrected chi connectivity index (χ4v) is 6.87. The fourth-order valence-electron chi connectivity index (χ4n) is 4.80. The molecule has 4 aromatic carbocycles. The van der Waals surface area contributed by atoms with Gasteiger partial charge in [-0.1, -0.05) is 124 Å². The van der Waals surface area contributed by atoms with Crippen LogP contribution in [0.3, 0.4) is 0 Å². The molecule has 0 N–H and O–H groups in total. The molecular formula is C41H42IrN2Si2-2. The zero-order valence-corrected chi connectivity index (χ0v) is 31.8. The van der Waals surface area contributed by atoms with E-state index in [1.807, 2.05) is 67.0 Å². The Bertz CT molecular complexity index is 1900. The predicted molar refractivity (Wildman–Crippen MR) is 198 cm³/mol. The van der Waals surface area contributed by atoms with E-state index in [1.54, 1.807) is 12.1 Å². The summed E-state index contributed by atoms with van der Waals surface area (Å²) in [4.78, 5) is 9.25. The third-order valence-corrected chi connectivity index (χ3v) is 11.6. The van der Waals surface area contributed by atoms with Gasteiger partial charge in [0.25, 0.3) is 0 Å². The van der Waals surface area contributed by atoms with E-state index in [-0.39, 0.29) is 20.1 Å². The molecule has 2 heterocycles. The molecule has 0 spiro atoms. The van der Waals surface area contributed by atoms with Crippen LogP contribution in [0.4, 0.5) is 0 Å². The number of hydrogen-bond acceptors (Lipinski definition) is 2. The molecular weight excluding hydrogens is 769 g/mol. The van der Waals surface area contributed by atoms with E-state index in [2.05, 4.69) is 116 Å². The van der Waals surface area contributed by atoms with Gasteiger partial charge in [0, 0.05) is 35.2 Å². The molecule has 0 unspecified atom stereocenters. The third-order valence-electron chi connectivity index (χ3n) is 7.58. The van der Waals surface area contributed by atoms with Crippen molar-refractivity contribution in [3.63, 3.8) is 0 Å². The van der Waals surface area contributed by atoms with Gasteiger partial charge < -0.3 is 9.97 Å². The molecule has 0 fully saturated rings. The maximum atomic E-state index is 8.52. The molecule has 2 nitrogen and oxygen atoms in total. The van der Waals surface area contributed by atoms with E-state index in [1.165, 1.54) is 21.5 Å². The number of benzene rings is 4. The van der Waals surface area contributed by atoms with Crippen molar-refractivity contribution in [1.82, 2.24) is 9.97 Å². The number of rotatable bonds is 7. The van der Waals surface area contributed by atoms with Crippen molar-refractivity contribution >= 4 is 26.5 Å². The second-order valence-corrected chi connectivity index (χ2v) is 23.4. The fraction of sp³-hybridized carbons (Fsp3) is 0.171. The molecule has 6 aromatic rings. The Morgan fingerprint density at radius 3 is 1.54 bits per heavy atom. The third kappa shape index (κ3) is 9.63. The summed E-state index contributed by atoms with van der Waals surface area (Å²) in [6.07, 6.45) is 2.43. The van der Waals surface area contributed by atoms with E-state index < -0.39 is 22.5 Å². The molecule has 46 heavy (non-hydrogen) atoms. The average Bonchev–Trinajstić information content (AvgIpc) is 3.09. The van der Waals surface area contributed by atoms with Crippen LogP contribution in [0.1, 0.15) is 13.9 Å². The minimum Gasteiger partial charge on any atom is -0.305 e. The average molecular weight is 813 g/mol. The van der Waals surface area contributed by atoms with Crippen molar-refractivity contribution < 1.29 is 22.8 Å². The monoisotopic (exact) mass is 813 g/mol. The molecule has 6 rings (SSSR count). The van der Waals surface area contributed by atoms with Crippen LogP contribution in [-0.4, -0.2) is 26.1 Å². The summed E-state index contributed by atoms with van der Waals surface area (Å²) in [5.74, 6) is 0. The quantitative estimate of drug-likeness (QED) is 0.119. The molecule has 0 saturated carbocycles. The summed E-state index contributed by atoms with van der Waals surface area (Å²) in [6.45, 7) is 13.9. The van der Waals surface area contributed by atoms with E-state index in [4.69, 9.17) is 2.74 Å². The first-order valence-corrected chi connectivity index (χ1v) is 22.4. The first kappa shape index (κ1) is 32.2. The zero-order chi connectivity index (χ0) is 33.7. The Morgan fingerprint density at radius 2 is 1.04 bits per heavy atom. The molecule has 0 aliphatic heterocycles. The van der Waals surface area contributed by atoms with Crippen LogP contribution in [0.15, 0.2) is 134 Å². The summed E-state index contributed by atoms with van der Waals surface area (Å²) in [7, 11) is -2.67. The van der Waals surface area contributed by atoms with E-state index in [0.29, 0.717) is 11.1 Å². The van der Waals surface area contributed by atoms with Crippen molar-refractivity contribution in [3.8, 4) is 33.6 Å². The normalized spacial score (nSPS) is 12.1. The van der Waals surface area contributed by atoms with Crippen molar-refractivity contribution in [2.75, 3.05) is 0 Å². The summed E-state index contributed by atoms with van der Waals surface area (Å²) in [5.41, 5.74) is 7.36. The molecule has 0 atom stereocenters. The van der Waals surface area contributed by atoms with Crippen LogP contribution in [0.2, 0.25) is 39.3 Å². The molecule has 0 aliphatic carbocycles. The van der Waals surface area contributed by atoms with Crippen molar-refractivity contribution in [3.05, 3.63) is 157 Å². The van der Waals surface area contributed by atoms with E-state index in [0.717, 1.165) is 22.5 Å². The minimum atomic E-state index is -1.55. The number of pyridine rings is 2. The first-order chi connectivity index (χ1) is 22.3. The molecule has 5 heteroatoms. The van der Waals surface area contributed by atoms with Gasteiger partial charge in [-0.3, -0.25) is 0 Å². The van der Waals surface area contributed by atoms with Gasteiger partial charge in [-0.15, -0.1) is 70.8 Å². The predicted octanol–water partition coefficient (Wildman–Crippen LogP) is 9.44. The van der Waals surface area contributed by atoms with Gasteiger partial charge in [-0.2, -0.15) is 0 Å². The van der Waals surface area contributed by atoms with Crippen molar-refractivity contribution in [1.29, 1.82) is 0 Å². The van der Waals surface area contributed by atoms with Gasteiger partial charge in [-0.05, 0) is 39.3 Å². The summed E-state index contributed by atoms with van der Waals surface area (Å²) in [5, 5.41) is 2.70. The second kappa shape index (κ2) is 15.7. The van der Waals surface area contributed by atoms with Crippen LogP contribution < -0.4 is 10.4 Å². The number of nitrogens with zero attached hydrogens (tertiary/aromatic N) is 2. The van der Waals surface area contributed by atoms with E-state index in [9.17, 15) is 0 Å². The second-order valence-electron chi connectivity index (χ2n) is 13.2. The standard InChI is InChI=1S/C21H22NSi.C20H20NSi.Ir/c1-23(2,3)20-12-13-21(22-16-20)19-11-7-10-18(15-19)14-17-8-5-4-6-9-17;1-22(2,3)19-12-13-20(21-15-19)18-11-7-10-17(14-18)16-8-5-4-6-9-16;/h4-10,12-13,15-16H,14H2,1-3H3;4-10,12-15H,1-3H3;/q2*-1;/i14D2;;. The van der Waals surface area contributed by atoms with Crippen LogP contribution in [0.25, 0.3) is 33.6 Å². The van der Waals surface area contributed by atoms with Gasteiger partial charge >= 0.3 is 0 Å². The Balaban J connectivity index is 0.000000214. The summed E-state index contributed by atoms with van der Waals surface area (Å²) in [6, 6.07) is 46.3. The number of hydrogen-bond donors (Lipinski definition) is 0. The van der Waals surface area contributed by atoms with Gasteiger partial charge in [0.1, 0.15) is 0 Å². The largest absolute Gasteiger partial charge is 0.305 e. The van der Waals surface area contributed by atoms with E-state index >= 15 is 0 Å². The van der Waals surface area contributed by atoms with Gasteiger partial charge in [0.15, 0.2) is 0 Å². The van der Waals surface area contributed by atoms with Gasteiger partial charge in [0.05, 0.1) is 16.1 Å². The zero-order valence-electron chi connectivity index (χ0n) is 29.4. The molecule has 0 aliphatic rings. The Hall–Kier alpha value is -3.74. The van der Waals surface area contributed by atoms with Crippen LogP contribution >= 0.6 is 0 Å². The van der Waals surface area contributed by atoms with Crippen molar-refractivity contribution in [2.45, 2.75) is 45.7 Å². The molecule has 0 saturated heterocycles. The van der Waals surface area contributed by atoms with Crippen LogP contribution in [0, 0.1) is 12.1 Å². The minimum absolute atomic E-state index is 0. The number of aromatic nitrogens is 2. The molecule has 0 bridgehead atoms. The molecule has 235 valence electrons. The maximum absolute atomic E-state index is 8.52. The van der Waals surface area contributed by atoms with Gasteiger partial charge in [-0.25, -0.2) is 0 Å². The molecule has 2 aromatic heterocycles. The smallest absolute Gasteiger partial charge is 0.0795 e. The van der Waals surface area contributed by atoms with Crippen LogP contribution in [0.5, 0.6) is 0 Å². The molecule has 1 radical (unpaired) electrons. The molecule has 0 amide bonds. The van der Waals surface area contributed by atoms with Gasteiger partial charge in [0.2, 0.25) is 0 Å². The summed E-state index contributed by atoms with van der Waals surface area (Å²) >= 11 is 0. The summed E-state index contributed by atoms with van der Waals surface area (Å²) < 4.78 is 17.0. The van der Waals surface area contributed by atoms with Crippen LogP contribution in [-0.2, 0) is 26.5 Å². The SMILES string of the molecule is C[Si](C)(C)c1ccc(-c2[c-]ccc(-c3ccccc3)c2)nc1.[2H]C([2H])(c1ccccc1)c1cc[c-]c(-c2ccc([Si](C)(C)C)cn2)c1.[Ir]. The first-order valence-electron chi connectivity index (χ1n) is 16.4. The maximum Gasteiger partial charge on any atom is 0.0795 e. The topological polar surface area (TPSA) is 25.8 Å². The van der Waals surface area contributed by atoms with Crippen molar-refractivity contribution in [2.24, 2.45) is 0 Å². The Labute approximate surface area is 294 Å². The Morgan fingerprint density at radius 1 is 0.543 bits per heavy atom. The Kier molecular flexibility index (Phi) is 11.0.